The molecule has 5 rings (SSSR count). The maximum absolute atomic E-state index is 4.00. The highest BCUT2D eigenvalue weighted by molar-refractivity contribution is 9.11. The SMILES string of the molecule is CC12CC3CC(C)(C1)CC(NCc1ccc(Br)s1)(C3)C2. The van der Waals surface area contributed by atoms with Crippen LogP contribution in [0.15, 0.2) is 15.9 Å². The minimum Gasteiger partial charge on any atom is -0.306 e. The fraction of sp³-hybridized carbons (Fsp3) is 0.765. The molecule has 110 valence electrons. The Morgan fingerprint density at radius 3 is 2.40 bits per heavy atom. The van der Waals surface area contributed by atoms with Gasteiger partial charge in [0.15, 0.2) is 0 Å². The fourth-order valence-electron chi connectivity index (χ4n) is 6.37. The predicted octanol–water partition coefficient (Wildman–Crippen LogP) is 5.35. The highest BCUT2D eigenvalue weighted by Crippen LogP contribution is 2.66. The zero-order chi connectivity index (χ0) is 14.0. The van der Waals surface area contributed by atoms with E-state index in [0.29, 0.717) is 16.4 Å². The zero-order valence-electron chi connectivity index (χ0n) is 12.5. The molecule has 1 aromatic rings. The minimum absolute atomic E-state index is 0.430. The molecule has 4 bridgehead atoms. The summed E-state index contributed by atoms with van der Waals surface area (Å²) in [7, 11) is 0. The monoisotopic (exact) mass is 353 g/mol. The molecule has 0 aromatic carbocycles. The van der Waals surface area contributed by atoms with E-state index < -0.39 is 0 Å². The van der Waals surface area contributed by atoms with E-state index in [1.165, 1.54) is 47.2 Å². The Balaban J connectivity index is 1.55. The molecule has 0 radical (unpaired) electrons. The van der Waals surface area contributed by atoms with Crippen LogP contribution in [0.25, 0.3) is 0 Å². The average molecular weight is 354 g/mol. The maximum Gasteiger partial charge on any atom is 0.0701 e. The van der Waals surface area contributed by atoms with Crippen molar-refractivity contribution in [1.29, 1.82) is 0 Å². The van der Waals surface area contributed by atoms with Crippen molar-refractivity contribution < 1.29 is 0 Å². The van der Waals surface area contributed by atoms with Crippen molar-refractivity contribution in [2.45, 2.75) is 64.5 Å². The second-order valence-electron chi connectivity index (χ2n) is 8.47. The first kappa shape index (κ1) is 13.8. The molecular weight excluding hydrogens is 330 g/mol. The van der Waals surface area contributed by atoms with Crippen LogP contribution in [0.3, 0.4) is 0 Å². The Morgan fingerprint density at radius 2 is 1.85 bits per heavy atom. The summed E-state index contributed by atoms with van der Waals surface area (Å²) in [6, 6.07) is 4.43. The first-order valence-electron chi connectivity index (χ1n) is 7.87. The van der Waals surface area contributed by atoms with E-state index in [4.69, 9.17) is 0 Å². The summed E-state index contributed by atoms with van der Waals surface area (Å²) in [5.41, 5.74) is 1.65. The number of thiophene rings is 1. The molecule has 4 aliphatic rings. The molecule has 0 saturated heterocycles. The first-order valence-corrected chi connectivity index (χ1v) is 9.48. The molecule has 1 N–H and O–H groups in total. The summed E-state index contributed by atoms with van der Waals surface area (Å²) >= 11 is 5.44. The van der Waals surface area contributed by atoms with Crippen LogP contribution in [0.5, 0.6) is 0 Å². The van der Waals surface area contributed by atoms with Gasteiger partial charge in [-0.25, -0.2) is 0 Å². The van der Waals surface area contributed by atoms with E-state index in [2.05, 4.69) is 47.2 Å². The molecule has 3 heteroatoms. The second kappa shape index (κ2) is 4.33. The first-order chi connectivity index (χ1) is 9.38. The van der Waals surface area contributed by atoms with Crippen LogP contribution in [-0.2, 0) is 6.54 Å². The van der Waals surface area contributed by atoms with Crippen molar-refractivity contribution in [2.24, 2.45) is 16.7 Å². The van der Waals surface area contributed by atoms with E-state index in [0.717, 1.165) is 12.5 Å². The van der Waals surface area contributed by atoms with Gasteiger partial charge in [-0.3, -0.25) is 0 Å². The molecule has 0 amide bonds. The third kappa shape index (κ3) is 2.30. The van der Waals surface area contributed by atoms with Crippen molar-refractivity contribution in [3.8, 4) is 0 Å². The number of rotatable bonds is 3. The highest BCUT2D eigenvalue weighted by Gasteiger charge is 2.59. The lowest BCUT2D eigenvalue weighted by Gasteiger charge is -2.65. The van der Waals surface area contributed by atoms with Gasteiger partial charge in [-0.1, -0.05) is 13.8 Å². The van der Waals surface area contributed by atoms with Crippen LogP contribution in [0, 0.1) is 16.7 Å². The Bertz CT molecular complexity index is 519. The second-order valence-corrected chi connectivity index (χ2v) is 11.0. The van der Waals surface area contributed by atoms with Crippen LogP contribution < -0.4 is 5.32 Å². The molecule has 20 heavy (non-hydrogen) atoms. The third-order valence-corrected chi connectivity index (χ3v) is 7.52. The van der Waals surface area contributed by atoms with Gasteiger partial charge < -0.3 is 5.32 Å². The fourth-order valence-corrected chi connectivity index (χ4v) is 7.79. The summed E-state index contributed by atoms with van der Waals surface area (Å²) < 4.78 is 1.25. The molecule has 2 unspecified atom stereocenters. The van der Waals surface area contributed by atoms with E-state index >= 15 is 0 Å². The van der Waals surface area contributed by atoms with Gasteiger partial charge in [0.05, 0.1) is 3.79 Å². The Hall–Kier alpha value is 0.140. The minimum atomic E-state index is 0.430. The van der Waals surface area contributed by atoms with Gasteiger partial charge in [0.1, 0.15) is 0 Å². The van der Waals surface area contributed by atoms with E-state index in [1.807, 2.05) is 11.3 Å². The number of halogens is 1. The summed E-state index contributed by atoms with van der Waals surface area (Å²) in [6.07, 6.45) is 8.65. The molecular formula is C17H24BrNS. The summed E-state index contributed by atoms with van der Waals surface area (Å²) in [5, 5.41) is 4.00. The largest absolute Gasteiger partial charge is 0.306 e. The number of hydrogen-bond donors (Lipinski definition) is 1. The molecule has 0 aliphatic heterocycles. The topological polar surface area (TPSA) is 12.0 Å². The predicted molar refractivity (Wildman–Crippen MR) is 89.0 cm³/mol. The maximum atomic E-state index is 4.00. The van der Waals surface area contributed by atoms with E-state index in [9.17, 15) is 0 Å². The Kier molecular flexibility index (Phi) is 2.98. The molecule has 1 nitrogen and oxygen atoms in total. The third-order valence-electron chi connectivity index (χ3n) is 5.89. The van der Waals surface area contributed by atoms with Crippen LogP contribution in [0.2, 0.25) is 0 Å². The summed E-state index contributed by atoms with van der Waals surface area (Å²) in [6.45, 7) is 6.15. The van der Waals surface area contributed by atoms with E-state index in [-0.39, 0.29) is 0 Å². The molecule has 4 saturated carbocycles. The molecule has 4 fully saturated rings. The smallest absolute Gasteiger partial charge is 0.0701 e. The van der Waals surface area contributed by atoms with Crippen LogP contribution in [0.1, 0.15) is 57.2 Å². The highest BCUT2D eigenvalue weighted by atomic mass is 79.9. The van der Waals surface area contributed by atoms with Crippen molar-refractivity contribution in [1.82, 2.24) is 5.32 Å². The van der Waals surface area contributed by atoms with Gasteiger partial charge in [0.2, 0.25) is 0 Å². The Labute approximate surface area is 134 Å². The number of hydrogen-bond acceptors (Lipinski definition) is 2. The van der Waals surface area contributed by atoms with Gasteiger partial charge in [0.25, 0.3) is 0 Å². The van der Waals surface area contributed by atoms with Crippen molar-refractivity contribution in [3.05, 3.63) is 20.8 Å². The summed E-state index contributed by atoms with van der Waals surface area (Å²) in [5.74, 6) is 0.976. The van der Waals surface area contributed by atoms with Gasteiger partial charge in [-0.2, -0.15) is 0 Å². The zero-order valence-corrected chi connectivity index (χ0v) is 14.9. The normalized spacial score (nSPS) is 46.0. The molecule has 2 atom stereocenters. The summed E-state index contributed by atoms with van der Waals surface area (Å²) in [4.78, 5) is 1.46. The molecule has 0 spiro atoms. The molecule has 4 aliphatic carbocycles. The lowest BCUT2D eigenvalue weighted by atomic mass is 9.43. The van der Waals surface area contributed by atoms with Crippen molar-refractivity contribution >= 4 is 27.3 Å². The number of nitrogens with one attached hydrogen (secondary N) is 1. The van der Waals surface area contributed by atoms with Crippen molar-refractivity contribution in [2.75, 3.05) is 0 Å². The van der Waals surface area contributed by atoms with Gasteiger partial charge in [0, 0.05) is 17.0 Å². The average Bonchev–Trinajstić information content (AvgIpc) is 2.68. The van der Waals surface area contributed by atoms with Gasteiger partial charge >= 0.3 is 0 Å². The van der Waals surface area contributed by atoms with Gasteiger partial charge in [-0.05, 0) is 83.3 Å². The van der Waals surface area contributed by atoms with Crippen LogP contribution in [-0.4, -0.2) is 5.54 Å². The van der Waals surface area contributed by atoms with Gasteiger partial charge in [-0.15, -0.1) is 11.3 Å². The molecule has 1 heterocycles. The van der Waals surface area contributed by atoms with Crippen LogP contribution in [0.4, 0.5) is 0 Å². The molecule has 1 aromatic heterocycles. The van der Waals surface area contributed by atoms with E-state index in [1.54, 1.807) is 0 Å². The standard InChI is InChI=1S/C17H24BrNS/c1-15-5-12-6-16(2,9-15)11-17(7-12,10-15)19-8-13-3-4-14(18)20-13/h3-4,12,19H,5-11H2,1-2H3. The van der Waals surface area contributed by atoms with Crippen LogP contribution >= 0.6 is 27.3 Å². The lowest BCUT2D eigenvalue weighted by molar-refractivity contribution is -0.118. The van der Waals surface area contributed by atoms with Crippen molar-refractivity contribution in [3.63, 3.8) is 0 Å². The quantitative estimate of drug-likeness (QED) is 0.772. The lowest BCUT2D eigenvalue weighted by Crippen LogP contribution is -2.63. The Morgan fingerprint density at radius 1 is 1.15 bits per heavy atom.